The number of nitrogens with one attached hydrogen (secondary N) is 4. The highest BCUT2D eigenvalue weighted by molar-refractivity contribution is 5.91. The van der Waals surface area contributed by atoms with Crippen molar-refractivity contribution in [1.29, 1.82) is 0 Å². The number of quaternary nitrogens is 1. The third kappa shape index (κ3) is 13.5. The number of carbonyl (C=O) groups excluding carboxylic acids is 4. The van der Waals surface area contributed by atoms with Crippen molar-refractivity contribution in [3.8, 4) is 17.0 Å². The third-order valence-corrected chi connectivity index (χ3v) is 7.80. The summed E-state index contributed by atoms with van der Waals surface area (Å²) in [5.41, 5.74) is 16.2. The highest BCUT2D eigenvalue weighted by atomic mass is 19.4. The molecular formula is C34H40F6N6O7. The van der Waals surface area contributed by atoms with Crippen LogP contribution in [0.4, 0.5) is 37.7 Å². The first-order valence-corrected chi connectivity index (χ1v) is 16.0. The normalized spacial score (nSPS) is 11.8. The highest BCUT2D eigenvalue weighted by Gasteiger charge is 2.29. The van der Waals surface area contributed by atoms with Gasteiger partial charge < -0.3 is 46.3 Å². The van der Waals surface area contributed by atoms with Crippen molar-refractivity contribution in [2.45, 2.75) is 77.2 Å². The standard InChI is InChI=1S/C30H38N6O3.2C2HF3O2/c1-4-19(37)9-6-5-7-12-26(30-33-17-27(36-30)21-10-8-11-24(31)29(21)32)35-28(38)16-22-18(2)34-25-14-13-20(39-3)15-23(22)25;2*3-2(4,5)1(6)7/h8,10-11,13-15,17,26,34H,4-7,9,12,16,31-32H2,1-3H3,(H,33,36)(H,35,38);2*(H,6,7)/t26-;;/m0../s1. The van der Waals surface area contributed by atoms with Gasteiger partial charge in [-0.25, -0.2) is 9.97 Å². The molecule has 19 heteroatoms. The molecule has 9 N–H and O–H groups in total. The van der Waals surface area contributed by atoms with Gasteiger partial charge in [-0.3, -0.25) is 9.59 Å². The largest absolute Gasteiger partial charge is 0.542 e. The Morgan fingerprint density at radius 1 is 0.981 bits per heavy atom. The molecule has 0 aliphatic carbocycles. The lowest BCUT2D eigenvalue weighted by atomic mass is 10.0. The third-order valence-electron chi connectivity index (χ3n) is 7.80. The van der Waals surface area contributed by atoms with Crippen LogP contribution in [0.1, 0.15) is 68.6 Å². The van der Waals surface area contributed by atoms with Crippen LogP contribution in [0.15, 0.2) is 42.6 Å². The van der Waals surface area contributed by atoms with E-state index in [4.69, 9.17) is 30.3 Å². The maximum Gasteiger partial charge on any atom is 0.430 e. The number of fused-ring (bicyclic) bond motifs is 1. The molecule has 1 atom stereocenters. The van der Waals surface area contributed by atoms with E-state index in [1.807, 2.05) is 56.4 Å². The Morgan fingerprint density at radius 2 is 1.60 bits per heavy atom. The topological polar surface area (TPSA) is 235 Å². The summed E-state index contributed by atoms with van der Waals surface area (Å²) < 4.78 is 68.5. The van der Waals surface area contributed by atoms with Gasteiger partial charge in [0.05, 0.1) is 24.8 Å². The number of aryl methyl sites for hydroxylation is 1. The van der Waals surface area contributed by atoms with Crippen LogP contribution in [0.3, 0.4) is 0 Å². The molecule has 2 aromatic carbocycles. The minimum atomic E-state index is -5.19. The number of H-pyrrole nitrogens is 3. The Labute approximate surface area is 299 Å². The molecule has 290 valence electrons. The van der Waals surface area contributed by atoms with Crippen molar-refractivity contribution in [2.75, 3.05) is 12.8 Å². The number of ketones is 1. The van der Waals surface area contributed by atoms with E-state index in [-0.39, 0.29) is 18.4 Å². The van der Waals surface area contributed by atoms with E-state index in [2.05, 4.69) is 26.0 Å². The second-order valence-corrected chi connectivity index (χ2v) is 11.6. The summed E-state index contributed by atoms with van der Waals surface area (Å²) >= 11 is 0. The molecule has 0 fully saturated rings. The number of imidazole rings is 1. The Morgan fingerprint density at radius 3 is 2.17 bits per heavy atom. The number of aromatic nitrogens is 3. The summed E-state index contributed by atoms with van der Waals surface area (Å²) in [6.07, 6.45) is -3.68. The van der Waals surface area contributed by atoms with Gasteiger partial charge in [-0.1, -0.05) is 25.8 Å². The van der Waals surface area contributed by atoms with Gasteiger partial charge >= 0.3 is 12.4 Å². The Balaban J connectivity index is 0.000000587. The number of carboxylic acids is 2. The van der Waals surface area contributed by atoms with E-state index in [0.29, 0.717) is 24.3 Å². The lowest BCUT2D eigenvalue weighted by Crippen LogP contribution is -2.41. The quantitative estimate of drug-likeness (QED) is 0.0771. The summed E-state index contributed by atoms with van der Waals surface area (Å²) in [6.45, 7) is 3.88. The fourth-order valence-corrected chi connectivity index (χ4v) is 4.99. The number of nitrogen functional groups attached to an aromatic ring is 1. The number of methoxy groups -OCH3 is 1. The number of Topliss-reactive ketones (excluding diaryl/α,β-unsaturated/α-hetero) is 1. The van der Waals surface area contributed by atoms with Crippen LogP contribution in [0.5, 0.6) is 5.75 Å². The number of rotatable bonds is 13. The number of benzene rings is 2. The van der Waals surface area contributed by atoms with Crippen LogP contribution < -0.4 is 36.7 Å². The molecule has 0 aliphatic heterocycles. The van der Waals surface area contributed by atoms with Crippen molar-refractivity contribution < 1.29 is 71.2 Å². The number of ether oxygens (including phenoxy) is 1. The first-order chi connectivity index (χ1) is 24.7. The number of amides is 1. The average molecular weight is 759 g/mol. The van der Waals surface area contributed by atoms with E-state index < -0.39 is 24.3 Å². The van der Waals surface area contributed by atoms with Crippen LogP contribution in [-0.4, -0.2) is 53.1 Å². The van der Waals surface area contributed by atoms with Gasteiger partial charge in [-0.05, 0) is 55.7 Å². The first-order valence-electron chi connectivity index (χ1n) is 16.0. The molecule has 4 aromatic rings. The zero-order valence-electron chi connectivity index (χ0n) is 29.0. The maximum atomic E-state index is 13.4. The molecule has 0 unspecified atom stereocenters. The Hall–Kier alpha value is -5.59. The maximum absolute atomic E-state index is 13.4. The van der Waals surface area contributed by atoms with Crippen LogP contribution in [-0.2, 0) is 25.6 Å². The van der Waals surface area contributed by atoms with E-state index in [0.717, 1.165) is 76.4 Å². The number of alkyl halides is 6. The molecule has 0 aliphatic rings. The Bertz CT molecular complexity index is 1850. The van der Waals surface area contributed by atoms with Gasteiger partial charge in [0.15, 0.2) is 11.4 Å². The number of anilines is 1. The molecule has 0 saturated carbocycles. The van der Waals surface area contributed by atoms with E-state index >= 15 is 0 Å². The average Bonchev–Trinajstić information content (AvgIpc) is 3.69. The Kier molecular flexibility index (Phi) is 15.9. The number of hydrogen-bond donors (Lipinski definition) is 5. The SMILES string of the molecule is CCC(=O)CCCCC[C@H](NC(=O)Cc1c(C)[nH]c2ccc(OC)cc12)c1[nH]c(-c2cccc(N)c2[NH3+])c[nH+]1.O=C([O-])C(F)(F)F.O=C([O-])C(F)(F)F. The summed E-state index contributed by atoms with van der Waals surface area (Å²) in [4.78, 5) is 52.8. The van der Waals surface area contributed by atoms with E-state index in [1.54, 1.807) is 7.11 Å². The monoisotopic (exact) mass is 758 g/mol. The number of halogens is 6. The predicted molar refractivity (Wildman–Crippen MR) is 174 cm³/mol. The molecule has 2 aromatic heterocycles. The van der Waals surface area contributed by atoms with Gasteiger partial charge in [-0.2, -0.15) is 26.3 Å². The number of carboxylic acid groups (broad SMARTS) is 2. The summed E-state index contributed by atoms with van der Waals surface area (Å²) in [6, 6.07) is 11.3. The molecule has 53 heavy (non-hydrogen) atoms. The van der Waals surface area contributed by atoms with Crippen LogP contribution in [0.25, 0.3) is 22.2 Å². The fraction of sp³-hybridized carbons (Fsp3) is 0.382. The molecule has 1 amide bonds. The van der Waals surface area contributed by atoms with Gasteiger partial charge in [0, 0.05) is 29.4 Å². The molecule has 2 heterocycles. The minimum absolute atomic E-state index is 0.0701. The number of unbranched alkanes of at least 4 members (excludes halogenated alkanes) is 2. The van der Waals surface area contributed by atoms with Crippen molar-refractivity contribution in [3.63, 3.8) is 0 Å². The second-order valence-electron chi connectivity index (χ2n) is 11.6. The van der Waals surface area contributed by atoms with E-state index in [9.17, 15) is 35.9 Å². The molecule has 0 spiro atoms. The lowest BCUT2D eigenvalue weighted by molar-refractivity contribution is -0.391. The van der Waals surface area contributed by atoms with Gasteiger partial charge in [0.25, 0.3) is 5.82 Å². The van der Waals surface area contributed by atoms with Gasteiger partial charge in [0.2, 0.25) is 5.91 Å². The van der Waals surface area contributed by atoms with Gasteiger partial charge in [-0.15, -0.1) is 0 Å². The van der Waals surface area contributed by atoms with Crippen LogP contribution in [0.2, 0.25) is 0 Å². The molecule has 4 rings (SSSR count). The molecule has 0 radical (unpaired) electrons. The van der Waals surface area contributed by atoms with Crippen molar-refractivity contribution in [2.24, 2.45) is 0 Å². The number of aliphatic carboxylic acids is 2. The number of hydrogen-bond acceptors (Lipinski definition) is 8. The lowest BCUT2D eigenvalue weighted by Gasteiger charge is -2.14. The molecular weight excluding hydrogens is 718 g/mol. The molecule has 13 nitrogen and oxygen atoms in total. The van der Waals surface area contributed by atoms with Crippen LogP contribution in [0, 0.1) is 6.92 Å². The van der Waals surface area contributed by atoms with Crippen molar-refractivity contribution in [3.05, 3.63) is 59.7 Å². The van der Waals surface area contributed by atoms with Crippen LogP contribution >= 0.6 is 0 Å². The highest BCUT2D eigenvalue weighted by Crippen LogP contribution is 2.29. The zero-order valence-corrected chi connectivity index (χ0v) is 29.0. The van der Waals surface area contributed by atoms with E-state index in [1.165, 1.54) is 0 Å². The smallest absolute Gasteiger partial charge is 0.430 e. The molecule has 0 bridgehead atoms. The van der Waals surface area contributed by atoms with Crippen molar-refractivity contribution >= 4 is 45.9 Å². The second kappa shape index (κ2) is 19.3. The summed E-state index contributed by atoms with van der Waals surface area (Å²) in [7, 11) is 1.64. The first kappa shape index (κ1) is 43.6. The predicted octanol–water partition coefficient (Wildman–Crippen LogP) is 2.68. The number of carbonyl (C=O) groups is 4. The number of nitrogens with two attached hydrogens (primary N) is 1. The summed E-state index contributed by atoms with van der Waals surface area (Å²) in [5, 5.41) is 21.8. The zero-order chi connectivity index (χ0) is 40.1. The fourth-order valence-electron chi connectivity index (χ4n) is 4.99. The van der Waals surface area contributed by atoms with Crippen molar-refractivity contribution in [1.82, 2.24) is 15.3 Å². The number of aromatic amines is 3. The minimum Gasteiger partial charge on any atom is -0.542 e. The van der Waals surface area contributed by atoms with Gasteiger partial charge in [0.1, 0.15) is 35.7 Å². The molecule has 0 saturated heterocycles. The summed E-state index contributed by atoms with van der Waals surface area (Å²) in [5.74, 6) is -4.23.